The van der Waals surface area contributed by atoms with Gasteiger partial charge in [0.1, 0.15) is 0 Å². The summed E-state index contributed by atoms with van der Waals surface area (Å²) in [6, 6.07) is 0. The Bertz CT molecular complexity index is 193. The standard InChI is InChI=1S/C16H36N2O/c1-5-11-17-14-16(6-2,7-3)15-18(4)12-9-8-10-13-19/h17,19H,5-15H2,1-4H3. The zero-order chi connectivity index (χ0) is 14.6. The first kappa shape index (κ1) is 18.9. The molecule has 0 aromatic heterocycles. The average molecular weight is 272 g/mol. The summed E-state index contributed by atoms with van der Waals surface area (Å²) in [6.07, 6.45) is 6.96. The van der Waals surface area contributed by atoms with Crippen LogP contribution in [0.3, 0.4) is 0 Å². The van der Waals surface area contributed by atoms with Gasteiger partial charge in [0.25, 0.3) is 0 Å². The normalized spacial score (nSPS) is 12.3. The summed E-state index contributed by atoms with van der Waals surface area (Å²) >= 11 is 0. The Morgan fingerprint density at radius 3 is 2.26 bits per heavy atom. The maximum Gasteiger partial charge on any atom is 0.0431 e. The monoisotopic (exact) mass is 272 g/mol. The predicted molar refractivity (Wildman–Crippen MR) is 84.6 cm³/mol. The summed E-state index contributed by atoms with van der Waals surface area (Å²) in [5.74, 6) is 0. The van der Waals surface area contributed by atoms with E-state index in [1.807, 2.05) is 0 Å². The largest absolute Gasteiger partial charge is 0.396 e. The molecule has 3 heteroatoms. The Balaban J connectivity index is 4.08. The summed E-state index contributed by atoms with van der Waals surface area (Å²) in [6.45, 7) is 11.8. The lowest BCUT2D eigenvalue weighted by atomic mass is 9.81. The molecular formula is C16H36N2O. The molecule has 0 saturated heterocycles. The minimum absolute atomic E-state index is 0.332. The maximum atomic E-state index is 8.79. The van der Waals surface area contributed by atoms with E-state index in [-0.39, 0.29) is 0 Å². The Morgan fingerprint density at radius 1 is 1.05 bits per heavy atom. The molecule has 0 atom stereocenters. The van der Waals surface area contributed by atoms with Crippen molar-refractivity contribution in [2.75, 3.05) is 39.8 Å². The van der Waals surface area contributed by atoms with Gasteiger partial charge in [-0.05, 0) is 64.1 Å². The second kappa shape index (κ2) is 11.7. The van der Waals surface area contributed by atoms with E-state index >= 15 is 0 Å². The van der Waals surface area contributed by atoms with Gasteiger partial charge in [-0.25, -0.2) is 0 Å². The molecule has 0 aromatic carbocycles. The fourth-order valence-corrected chi connectivity index (χ4v) is 2.63. The van der Waals surface area contributed by atoms with Crippen LogP contribution in [0.2, 0.25) is 0 Å². The van der Waals surface area contributed by atoms with E-state index in [1.54, 1.807) is 0 Å². The lowest BCUT2D eigenvalue weighted by molar-refractivity contribution is 0.153. The first-order valence-corrected chi connectivity index (χ1v) is 8.14. The van der Waals surface area contributed by atoms with Gasteiger partial charge >= 0.3 is 0 Å². The number of unbranched alkanes of at least 4 members (excludes halogenated alkanes) is 2. The van der Waals surface area contributed by atoms with E-state index in [0.29, 0.717) is 12.0 Å². The zero-order valence-electron chi connectivity index (χ0n) is 13.7. The van der Waals surface area contributed by atoms with E-state index in [1.165, 1.54) is 32.2 Å². The highest BCUT2D eigenvalue weighted by molar-refractivity contribution is 4.82. The summed E-state index contributed by atoms with van der Waals surface area (Å²) in [5, 5.41) is 12.4. The molecule has 0 radical (unpaired) electrons. The van der Waals surface area contributed by atoms with Crippen LogP contribution in [-0.2, 0) is 0 Å². The van der Waals surface area contributed by atoms with Crippen molar-refractivity contribution in [3.8, 4) is 0 Å². The van der Waals surface area contributed by atoms with Gasteiger partial charge in [-0.2, -0.15) is 0 Å². The van der Waals surface area contributed by atoms with E-state index in [2.05, 4.69) is 38.0 Å². The Labute approximate surface area is 120 Å². The SMILES string of the molecule is CCCNCC(CC)(CC)CN(C)CCCCCO. The zero-order valence-corrected chi connectivity index (χ0v) is 13.7. The minimum Gasteiger partial charge on any atom is -0.396 e. The molecule has 0 rings (SSSR count). The highest BCUT2D eigenvalue weighted by Gasteiger charge is 2.26. The minimum atomic E-state index is 0.332. The van der Waals surface area contributed by atoms with Crippen LogP contribution >= 0.6 is 0 Å². The van der Waals surface area contributed by atoms with Crippen LogP contribution in [0.4, 0.5) is 0 Å². The Morgan fingerprint density at radius 2 is 1.74 bits per heavy atom. The van der Waals surface area contributed by atoms with Crippen LogP contribution in [0.5, 0.6) is 0 Å². The van der Waals surface area contributed by atoms with Crippen molar-refractivity contribution in [1.29, 1.82) is 0 Å². The highest BCUT2D eigenvalue weighted by Crippen LogP contribution is 2.26. The topological polar surface area (TPSA) is 35.5 Å². The van der Waals surface area contributed by atoms with E-state index in [0.717, 1.165) is 32.5 Å². The molecular weight excluding hydrogens is 236 g/mol. The van der Waals surface area contributed by atoms with Gasteiger partial charge in [0.2, 0.25) is 0 Å². The molecule has 0 bridgehead atoms. The molecule has 0 aromatic rings. The van der Waals surface area contributed by atoms with Crippen LogP contribution in [-0.4, -0.2) is 49.8 Å². The van der Waals surface area contributed by atoms with Crippen molar-refractivity contribution in [1.82, 2.24) is 10.2 Å². The summed E-state index contributed by atoms with van der Waals surface area (Å²) < 4.78 is 0. The number of hydrogen-bond donors (Lipinski definition) is 2. The van der Waals surface area contributed by atoms with Gasteiger partial charge in [-0.1, -0.05) is 20.8 Å². The lowest BCUT2D eigenvalue weighted by Crippen LogP contribution is -2.42. The predicted octanol–water partition coefficient (Wildman–Crippen LogP) is 2.89. The Kier molecular flexibility index (Phi) is 11.6. The van der Waals surface area contributed by atoms with Crippen molar-refractivity contribution in [2.45, 2.75) is 59.3 Å². The van der Waals surface area contributed by atoms with Crippen LogP contribution in [0.1, 0.15) is 59.3 Å². The van der Waals surface area contributed by atoms with Crippen molar-refractivity contribution >= 4 is 0 Å². The van der Waals surface area contributed by atoms with E-state index in [4.69, 9.17) is 5.11 Å². The number of aliphatic hydroxyl groups excluding tert-OH is 1. The van der Waals surface area contributed by atoms with Crippen LogP contribution in [0.25, 0.3) is 0 Å². The first-order valence-electron chi connectivity index (χ1n) is 8.14. The average Bonchev–Trinajstić information content (AvgIpc) is 2.43. The fraction of sp³-hybridized carbons (Fsp3) is 1.00. The summed E-state index contributed by atoms with van der Waals surface area (Å²) in [5.41, 5.74) is 0.418. The molecule has 0 saturated carbocycles. The van der Waals surface area contributed by atoms with Gasteiger partial charge in [-0.15, -0.1) is 0 Å². The number of hydrogen-bond acceptors (Lipinski definition) is 3. The molecule has 3 nitrogen and oxygen atoms in total. The molecule has 19 heavy (non-hydrogen) atoms. The number of nitrogens with zero attached hydrogens (tertiary/aromatic N) is 1. The number of nitrogens with one attached hydrogen (secondary N) is 1. The molecule has 0 amide bonds. The third kappa shape index (κ3) is 8.61. The van der Waals surface area contributed by atoms with Gasteiger partial charge in [-0.3, -0.25) is 0 Å². The molecule has 0 aliphatic heterocycles. The number of rotatable bonds is 13. The van der Waals surface area contributed by atoms with Crippen LogP contribution < -0.4 is 5.32 Å². The first-order chi connectivity index (χ1) is 9.14. The number of aliphatic hydroxyl groups is 1. The molecule has 0 aliphatic rings. The third-order valence-electron chi connectivity index (χ3n) is 4.23. The second-order valence-corrected chi connectivity index (χ2v) is 5.91. The third-order valence-corrected chi connectivity index (χ3v) is 4.23. The van der Waals surface area contributed by atoms with Crippen molar-refractivity contribution < 1.29 is 5.11 Å². The molecule has 0 spiro atoms. The van der Waals surface area contributed by atoms with Crippen LogP contribution in [0, 0.1) is 5.41 Å². The molecule has 2 N–H and O–H groups in total. The molecule has 0 heterocycles. The van der Waals surface area contributed by atoms with E-state index in [9.17, 15) is 0 Å². The molecule has 0 fully saturated rings. The van der Waals surface area contributed by atoms with E-state index < -0.39 is 0 Å². The quantitative estimate of drug-likeness (QED) is 0.506. The molecule has 0 aliphatic carbocycles. The molecule has 116 valence electrons. The highest BCUT2D eigenvalue weighted by atomic mass is 16.2. The van der Waals surface area contributed by atoms with Crippen molar-refractivity contribution in [3.05, 3.63) is 0 Å². The maximum absolute atomic E-state index is 8.79. The molecule has 0 unspecified atom stereocenters. The fourth-order valence-electron chi connectivity index (χ4n) is 2.63. The van der Waals surface area contributed by atoms with Gasteiger partial charge in [0.05, 0.1) is 0 Å². The smallest absolute Gasteiger partial charge is 0.0431 e. The second-order valence-electron chi connectivity index (χ2n) is 5.91. The van der Waals surface area contributed by atoms with Gasteiger partial charge < -0.3 is 15.3 Å². The summed E-state index contributed by atoms with van der Waals surface area (Å²) in [4.78, 5) is 2.47. The van der Waals surface area contributed by atoms with Crippen molar-refractivity contribution in [2.24, 2.45) is 5.41 Å². The summed E-state index contributed by atoms with van der Waals surface area (Å²) in [7, 11) is 2.23. The van der Waals surface area contributed by atoms with Crippen molar-refractivity contribution in [3.63, 3.8) is 0 Å². The Hall–Kier alpha value is -0.120. The van der Waals surface area contributed by atoms with Gasteiger partial charge in [0, 0.05) is 19.7 Å². The van der Waals surface area contributed by atoms with Crippen LogP contribution in [0.15, 0.2) is 0 Å². The lowest BCUT2D eigenvalue weighted by Gasteiger charge is -2.36. The van der Waals surface area contributed by atoms with Gasteiger partial charge in [0.15, 0.2) is 0 Å².